The molecule has 176 valence electrons. The Morgan fingerprint density at radius 2 is 1.84 bits per heavy atom. The molecule has 0 bridgehead atoms. The summed E-state index contributed by atoms with van der Waals surface area (Å²) in [5.41, 5.74) is 1.57. The molecule has 0 spiro atoms. The molecule has 2 aliphatic heterocycles. The van der Waals surface area contributed by atoms with Gasteiger partial charge in [-0.3, -0.25) is 14.4 Å². The normalized spacial score (nSPS) is 24.0. The van der Waals surface area contributed by atoms with Crippen LogP contribution in [0.3, 0.4) is 0 Å². The maximum absolute atomic E-state index is 13.5. The smallest absolute Gasteiger partial charge is 0.256 e. The van der Waals surface area contributed by atoms with Gasteiger partial charge in [-0.25, -0.2) is 0 Å². The minimum absolute atomic E-state index is 0.110. The summed E-state index contributed by atoms with van der Waals surface area (Å²) in [7, 11) is 0. The van der Waals surface area contributed by atoms with E-state index >= 15 is 0 Å². The first kappa shape index (κ1) is 24.6. The zero-order chi connectivity index (χ0) is 23.8. The first-order chi connectivity index (χ1) is 15.0. The zero-order valence-electron chi connectivity index (χ0n) is 19.7. The van der Waals surface area contributed by atoms with E-state index in [1.54, 1.807) is 22.7 Å². The number of hydrogen-bond donors (Lipinski definition) is 3. The van der Waals surface area contributed by atoms with E-state index in [4.69, 9.17) is 0 Å². The van der Waals surface area contributed by atoms with Crippen molar-refractivity contribution in [3.63, 3.8) is 0 Å². The number of benzene rings is 1. The Balaban J connectivity index is 1.81. The maximum Gasteiger partial charge on any atom is 0.256 e. The van der Waals surface area contributed by atoms with Crippen LogP contribution >= 0.6 is 11.8 Å². The molecule has 2 unspecified atom stereocenters. The fraction of sp³-hybridized carbons (Fsp3) is 0.625. The van der Waals surface area contributed by atoms with Gasteiger partial charge < -0.3 is 20.6 Å². The number of amides is 3. The first-order valence-electron chi connectivity index (χ1n) is 11.3. The highest BCUT2D eigenvalue weighted by Gasteiger charge is 2.57. The molecule has 7 nitrogen and oxygen atoms in total. The maximum atomic E-state index is 13.5. The summed E-state index contributed by atoms with van der Waals surface area (Å²) < 4.78 is -0.514. The lowest BCUT2D eigenvalue weighted by atomic mass is 9.96. The van der Waals surface area contributed by atoms with E-state index in [-0.39, 0.29) is 47.6 Å². The van der Waals surface area contributed by atoms with Gasteiger partial charge in [-0.1, -0.05) is 52.3 Å². The Kier molecular flexibility index (Phi) is 7.25. The molecule has 8 heteroatoms. The molecule has 2 heterocycles. The molecule has 1 aromatic carbocycles. The Morgan fingerprint density at radius 3 is 2.44 bits per heavy atom. The lowest BCUT2D eigenvalue weighted by molar-refractivity contribution is -0.133. The van der Waals surface area contributed by atoms with Gasteiger partial charge in [0.1, 0.15) is 17.5 Å². The van der Waals surface area contributed by atoms with E-state index < -0.39 is 16.8 Å². The minimum Gasteiger partial charge on any atom is -0.394 e. The van der Waals surface area contributed by atoms with Gasteiger partial charge in [-0.05, 0) is 37.3 Å². The van der Waals surface area contributed by atoms with E-state index in [1.807, 2.05) is 59.7 Å². The molecular formula is C24H35N3O4S. The molecule has 3 N–H and O–H groups in total. The van der Waals surface area contributed by atoms with Crippen molar-refractivity contribution in [1.82, 2.24) is 15.5 Å². The number of nitrogens with zero attached hydrogens (tertiary/aromatic N) is 1. The van der Waals surface area contributed by atoms with Crippen LogP contribution in [0.1, 0.15) is 69.3 Å². The van der Waals surface area contributed by atoms with Crippen LogP contribution in [0, 0.1) is 11.8 Å². The molecule has 3 rings (SSSR count). The number of carbonyl (C=O) groups is 3. The van der Waals surface area contributed by atoms with Crippen LogP contribution in [-0.2, 0) is 9.59 Å². The van der Waals surface area contributed by atoms with Crippen LogP contribution in [0.25, 0.3) is 0 Å². The van der Waals surface area contributed by atoms with Crippen molar-refractivity contribution in [3.05, 3.63) is 35.4 Å². The van der Waals surface area contributed by atoms with Gasteiger partial charge in [0.25, 0.3) is 5.91 Å². The molecule has 1 aromatic rings. The van der Waals surface area contributed by atoms with Gasteiger partial charge in [0.15, 0.2) is 0 Å². The fourth-order valence-electron chi connectivity index (χ4n) is 4.50. The molecule has 0 aromatic heterocycles. The topological polar surface area (TPSA) is 98.7 Å². The van der Waals surface area contributed by atoms with Gasteiger partial charge in [-0.2, -0.15) is 0 Å². The standard InChI is InChI=1S/C24H35N3O4S/c1-7-14(4)17(12-28)25-20(29)18(13(2)3)26-21(30)19-24(5,6)32-23-16-11-9-8-10-15(16)22(31)27(19)23/h8-11,13-14,17-19,23,28H,7,12H2,1-6H3,(H,25,29)(H,26,30)/t14?,17-,18+,19-,23?/m1/s1. The second kappa shape index (κ2) is 9.43. The van der Waals surface area contributed by atoms with Crippen molar-refractivity contribution in [2.75, 3.05) is 6.61 Å². The Bertz CT molecular complexity index is 888. The summed E-state index contributed by atoms with van der Waals surface area (Å²) in [5, 5.41) is 15.3. The van der Waals surface area contributed by atoms with Crippen molar-refractivity contribution >= 4 is 29.5 Å². The van der Waals surface area contributed by atoms with Crippen molar-refractivity contribution in [1.29, 1.82) is 0 Å². The number of nitrogens with one attached hydrogen (secondary N) is 2. The second-order valence-corrected chi connectivity index (χ2v) is 11.4. The molecule has 32 heavy (non-hydrogen) atoms. The third-order valence-corrected chi connectivity index (χ3v) is 8.18. The van der Waals surface area contributed by atoms with Crippen LogP contribution in [0.2, 0.25) is 0 Å². The number of thioether (sulfide) groups is 1. The number of hydrogen-bond acceptors (Lipinski definition) is 5. The van der Waals surface area contributed by atoms with Crippen molar-refractivity contribution in [2.45, 2.75) is 76.2 Å². The molecule has 3 amide bonds. The summed E-state index contributed by atoms with van der Waals surface area (Å²) in [4.78, 5) is 41.4. The van der Waals surface area contributed by atoms with E-state index in [9.17, 15) is 19.5 Å². The number of aliphatic hydroxyl groups is 1. The molecular weight excluding hydrogens is 426 g/mol. The number of carbonyl (C=O) groups excluding carboxylic acids is 3. The Labute approximate surface area is 194 Å². The molecule has 1 fully saturated rings. The fourth-order valence-corrected chi connectivity index (χ4v) is 6.09. The minimum atomic E-state index is -0.763. The SMILES string of the molecule is CCC(C)[C@@H](CO)NC(=O)[C@@H](NC(=O)[C@H]1N2C(=O)c3ccccc3C2SC1(C)C)C(C)C. The zero-order valence-corrected chi connectivity index (χ0v) is 20.5. The predicted molar refractivity (Wildman–Crippen MR) is 126 cm³/mol. The van der Waals surface area contributed by atoms with Gasteiger partial charge in [0.2, 0.25) is 11.8 Å². The van der Waals surface area contributed by atoms with E-state index in [0.29, 0.717) is 5.56 Å². The molecule has 1 saturated heterocycles. The lowest BCUT2D eigenvalue weighted by Gasteiger charge is -2.32. The van der Waals surface area contributed by atoms with Crippen LogP contribution < -0.4 is 10.6 Å². The third-order valence-electron chi connectivity index (χ3n) is 6.65. The molecule has 5 atom stereocenters. The highest BCUT2D eigenvalue weighted by Crippen LogP contribution is 2.56. The average molecular weight is 462 g/mol. The van der Waals surface area contributed by atoms with Crippen LogP contribution in [0.15, 0.2) is 24.3 Å². The van der Waals surface area contributed by atoms with Crippen LogP contribution in [0.5, 0.6) is 0 Å². The Morgan fingerprint density at radius 1 is 1.19 bits per heavy atom. The highest BCUT2D eigenvalue weighted by molar-refractivity contribution is 8.01. The predicted octanol–water partition coefficient (Wildman–Crippen LogP) is 2.70. The first-order valence-corrected chi connectivity index (χ1v) is 12.2. The van der Waals surface area contributed by atoms with Crippen molar-refractivity contribution in [3.8, 4) is 0 Å². The lowest BCUT2D eigenvalue weighted by Crippen LogP contribution is -2.59. The molecule has 0 aliphatic carbocycles. The van der Waals surface area contributed by atoms with E-state index in [2.05, 4.69) is 10.6 Å². The van der Waals surface area contributed by atoms with E-state index in [1.165, 1.54) is 0 Å². The summed E-state index contributed by atoms with van der Waals surface area (Å²) in [5.74, 6) is -0.840. The molecule has 0 saturated carbocycles. The number of fused-ring (bicyclic) bond motifs is 3. The average Bonchev–Trinajstić information content (AvgIpc) is 3.18. The molecule has 0 radical (unpaired) electrons. The third kappa shape index (κ3) is 4.39. The Hall–Kier alpha value is -2.06. The van der Waals surface area contributed by atoms with E-state index in [0.717, 1.165) is 12.0 Å². The highest BCUT2D eigenvalue weighted by atomic mass is 32.2. The molecule has 2 aliphatic rings. The number of rotatable bonds is 8. The van der Waals surface area contributed by atoms with Crippen molar-refractivity contribution < 1.29 is 19.5 Å². The summed E-state index contributed by atoms with van der Waals surface area (Å²) in [6.45, 7) is 11.5. The van der Waals surface area contributed by atoms with Crippen LogP contribution in [-0.4, -0.2) is 57.2 Å². The van der Waals surface area contributed by atoms with Gasteiger partial charge in [0, 0.05) is 10.3 Å². The summed E-state index contributed by atoms with van der Waals surface area (Å²) in [6.07, 6.45) is 0.816. The van der Waals surface area contributed by atoms with Gasteiger partial charge in [-0.15, -0.1) is 11.8 Å². The second-order valence-electron chi connectivity index (χ2n) is 9.69. The quantitative estimate of drug-likeness (QED) is 0.553. The largest absolute Gasteiger partial charge is 0.394 e. The number of aliphatic hydroxyl groups excluding tert-OH is 1. The van der Waals surface area contributed by atoms with Crippen molar-refractivity contribution in [2.24, 2.45) is 11.8 Å². The monoisotopic (exact) mass is 461 g/mol. The summed E-state index contributed by atoms with van der Waals surface area (Å²) >= 11 is 1.60. The summed E-state index contributed by atoms with van der Waals surface area (Å²) in [6, 6.07) is 5.64. The van der Waals surface area contributed by atoms with Crippen LogP contribution in [0.4, 0.5) is 0 Å². The van der Waals surface area contributed by atoms with Gasteiger partial charge in [0.05, 0.1) is 12.6 Å². The van der Waals surface area contributed by atoms with Gasteiger partial charge >= 0.3 is 0 Å².